The number of amides is 1. The smallest absolute Gasteiger partial charge is 0.410 e. The summed E-state index contributed by atoms with van der Waals surface area (Å²) < 4.78 is 46.8. The van der Waals surface area contributed by atoms with Crippen molar-refractivity contribution in [2.75, 3.05) is 39.1 Å². The zero-order valence-electron chi connectivity index (χ0n) is 26.5. The molecule has 0 aliphatic rings. The van der Waals surface area contributed by atoms with Crippen molar-refractivity contribution in [2.24, 2.45) is 0 Å². The molecule has 1 amide bonds. The van der Waals surface area contributed by atoms with Crippen LogP contribution in [0.15, 0.2) is 30.7 Å². The maximum atomic E-state index is 13.0. The summed E-state index contributed by atoms with van der Waals surface area (Å²) in [4.78, 5) is 39.9. The molecule has 3 rings (SSSR count). The van der Waals surface area contributed by atoms with Gasteiger partial charge in [-0.2, -0.15) is 8.78 Å². The molecule has 0 atom stereocenters. The van der Waals surface area contributed by atoms with Gasteiger partial charge in [0.2, 0.25) is 0 Å². The van der Waals surface area contributed by atoms with Crippen LogP contribution in [0.5, 0.6) is 11.5 Å². The number of rotatable bonds is 13. The number of carbonyl (C=O) groups is 2. The van der Waals surface area contributed by atoms with Crippen molar-refractivity contribution in [3.8, 4) is 11.5 Å². The molecule has 242 valence electrons. The average Bonchev–Trinajstić information content (AvgIpc) is 3.29. The molecule has 2 aromatic heterocycles. The van der Waals surface area contributed by atoms with E-state index in [1.54, 1.807) is 32.7 Å². The number of aromatic nitrogens is 3. The van der Waals surface area contributed by atoms with Crippen molar-refractivity contribution in [1.82, 2.24) is 24.8 Å². The topological polar surface area (TPSA) is 131 Å². The molecule has 44 heavy (non-hydrogen) atoms. The highest BCUT2D eigenvalue weighted by atomic mass is 19.3. The van der Waals surface area contributed by atoms with Crippen LogP contribution in [0.1, 0.15) is 53.5 Å². The molecule has 0 spiro atoms. The fourth-order valence-electron chi connectivity index (χ4n) is 4.16. The number of hydrogen-bond acceptors (Lipinski definition) is 10. The van der Waals surface area contributed by atoms with Gasteiger partial charge < -0.3 is 39.0 Å². The second-order valence-corrected chi connectivity index (χ2v) is 12.3. The Morgan fingerprint density at radius 2 is 1.70 bits per heavy atom. The summed E-state index contributed by atoms with van der Waals surface area (Å²) in [6.07, 6.45) is 3.62. The number of carbonyl (C=O) groups excluding carboxylic acids is 2. The lowest BCUT2D eigenvalue weighted by Crippen LogP contribution is -2.35. The molecule has 0 fully saturated rings. The van der Waals surface area contributed by atoms with Crippen LogP contribution in [0, 0.1) is 0 Å². The SMILES string of the molecule is CN(CCCN(C)C(=O)OC(C)(C)C)Cc1c[nH]c2ncnc(Nc3ccc(OC(F)F)c(OCC(=O)OC(C)(C)C)c3)c12. The predicted octanol–water partition coefficient (Wildman–Crippen LogP) is 5.71. The molecule has 0 unspecified atom stereocenters. The van der Waals surface area contributed by atoms with Gasteiger partial charge in [-0.3, -0.25) is 0 Å². The summed E-state index contributed by atoms with van der Waals surface area (Å²) in [6.45, 7) is 8.84. The Kier molecular flexibility index (Phi) is 11.3. The molecule has 0 aliphatic carbocycles. The largest absolute Gasteiger partial charge is 0.478 e. The number of aromatic amines is 1. The summed E-state index contributed by atoms with van der Waals surface area (Å²) in [5, 5.41) is 3.94. The van der Waals surface area contributed by atoms with E-state index in [0.717, 1.165) is 17.4 Å². The molecule has 14 heteroatoms. The Balaban J connectivity index is 1.72. The molecule has 2 heterocycles. The van der Waals surface area contributed by atoms with Gasteiger partial charge in [-0.25, -0.2) is 19.6 Å². The van der Waals surface area contributed by atoms with Gasteiger partial charge in [0, 0.05) is 38.1 Å². The quantitative estimate of drug-likeness (QED) is 0.229. The first kappa shape index (κ1) is 34.3. The van der Waals surface area contributed by atoms with Crippen molar-refractivity contribution < 1.29 is 37.3 Å². The molecular weight excluding hydrogens is 578 g/mol. The number of halogens is 2. The molecule has 12 nitrogen and oxygen atoms in total. The lowest BCUT2D eigenvalue weighted by molar-refractivity contribution is -0.157. The number of esters is 1. The number of anilines is 2. The van der Waals surface area contributed by atoms with Crippen LogP contribution >= 0.6 is 0 Å². The highest BCUT2D eigenvalue weighted by molar-refractivity contribution is 5.92. The van der Waals surface area contributed by atoms with Gasteiger partial charge in [-0.05, 0) is 79.3 Å². The van der Waals surface area contributed by atoms with Crippen LogP contribution in [-0.2, 0) is 20.8 Å². The van der Waals surface area contributed by atoms with E-state index in [9.17, 15) is 18.4 Å². The zero-order chi connectivity index (χ0) is 32.7. The van der Waals surface area contributed by atoms with Gasteiger partial charge in [0.05, 0.1) is 5.39 Å². The Morgan fingerprint density at radius 3 is 2.36 bits per heavy atom. The maximum Gasteiger partial charge on any atom is 0.410 e. The van der Waals surface area contributed by atoms with Crippen molar-refractivity contribution in [1.29, 1.82) is 0 Å². The second-order valence-electron chi connectivity index (χ2n) is 12.3. The van der Waals surface area contributed by atoms with Crippen LogP contribution in [0.3, 0.4) is 0 Å². The van der Waals surface area contributed by atoms with Crippen LogP contribution in [0.4, 0.5) is 25.1 Å². The first-order valence-corrected chi connectivity index (χ1v) is 14.1. The van der Waals surface area contributed by atoms with E-state index in [0.29, 0.717) is 36.8 Å². The maximum absolute atomic E-state index is 13.0. The third-order valence-electron chi connectivity index (χ3n) is 5.92. The predicted molar refractivity (Wildman–Crippen MR) is 161 cm³/mol. The molecular formula is C30H42F2N6O6. The van der Waals surface area contributed by atoms with Gasteiger partial charge in [-0.1, -0.05) is 0 Å². The summed E-state index contributed by atoms with van der Waals surface area (Å²) in [6, 6.07) is 4.29. The third kappa shape index (κ3) is 10.8. The summed E-state index contributed by atoms with van der Waals surface area (Å²) in [5.41, 5.74) is 0.696. The second kappa shape index (κ2) is 14.5. The van der Waals surface area contributed by atoms with Crippen molar-refractivity contribution in [3.63, 3.8) is 0 Å². The Bertz CT molecular complexity index is 1420. The molecule has 1 aromatic carbocycles. The van der Waals surface area contributed by atoms with Crippen LogP contribution in [0.25, 0.3) is 11.0 Å². The molecule has 2 N–H and O–H groups in total. The van der Waals surface area contributed by atoms with E-state index >= 15 is 0 Å². The number of fused-ring (bicyclic) bond motifs is 1. The Labute approximate surface area is 256 Å². The van der Waals surface area contributed by atoms with Gasteiger partial charge in [-0.15, -0.1) is 0 Å². The van der Waals surface area contributed by atoms with Crippen LogP contribution < -0.4 is 14.8 Å². The number of benzene rings is 1. The standard InChI is InChI=1S/C30H42F2N6O6/c1-29(2,3)43-23(39)17-41-22-14-20(10-11-21(22)42-27(31)32)36-26-24-19(15-33-25(24)34-18-35-26)16-37(7)12-9-13-38(8)28(40)44-30(4,5)6/h10-11,14-15,18,27H,9,12-13,16-17H2,1-8H3,(H2,33,34,35,36). The summed E-state index contributed by atoms with van der Waals surface area (Å²) >= 11 is 0. The fourth-order valence-corrected chi connectivity index (χ4v) is 4.16. The van der Waals surface area contributed by atoms with E-state index in [2.05, 4.69) is 29.9 Å². The monoisotopic (exact) mass is 620 g/mol. The first-order valence-electron chi connectivity index (χ1n) is 14.1. The van der Waals surface area contributed by atoms with Crippen molar-refractivity contribution in [3.05, 3.63) is 36.3 Å². The van der Waals surface area contributed by atoms with Gasteiger partial charge in [0.15, 0.2) is 18.1 Å². The normalized spacial score (nSPS) is 12.0. The van der Waals surface area contributed by atoms with Crippen molar-refractivity contribution >= 4 is 34.6 Å². The van der Waals surface area contributed by atoms with E-state index in [1.165, 1.54) is 24.5 Å². The van der Waals surface area contributed by atoms with Gasteiger partial charge in [0.25, 0.3) is 0 Å². The van der Waals surface area contributed by atoms with Crippen LogP contribution in [-0.4, -0.2) is 88.4 Å². The van der Waals surface area contributed by atoms with Gasteiger partial charge >= 0.3 is 18.7 Å². The Morgan fingerprint density at radius 1 is 1.00 bits per heavy atom. The zero-order valence-corrected chi connectivity index (χ0v) is 26.5. The molecule has 0 saturated heterocycles. The fraction of sp³-hybridized carbons (Fsp3) is 0.533. The molecule has 0 saturated carbocycles. The number of H-pyrrole nitrogens is 1. The lowest BCUT2D eigenvalue weighted by atomic mass is 10.2. The minimum absolute atomic E-state index is 0.0724. The van der Waals surface area contributed by atoms with E-state index in [4.69, 9.17) is 14.2 Å². The highest BCUT2D eigenvalue weighted by Crippen LogP contribution is 2.34. The summed E-state index contributed by atoms with van der Waals surface area (Å²) in [5.74, 6) is -0.487. The minimum atomic E-state index is -3.09. The number of alkyl halides is 2. The van der Waals surface area contributed by atoms with E-state index in [-0.39, 0.29) is 17.6 Å². The van der Waals surface area contributed by atoms with Crippen LogP contribution in [0.2, 0.25) is 0 Å². The minimum Gasteiger partial charge on any atom is -0.478 e. The highest BCUT2D eigenvalue weighted by Gasteiger charge is 2.21. The number of hydrogen-bond donors (Lipinski definition) is 2. The third-order valence-corrected chi connectivity index (χ3v) is 5.92. The number of nitrogens with zero attached hydrogens (tertiary/aromatic N) is 4. The Hall–Kier alpha value is -4.20. The first-order chi connectivity index (χ1) is 20.5. The lowest BCUT2D eigenvalue weighted by Gasteiger charge is -2.25. The van der Waals surface area contributed by atoms with Crippen molar-refractivity contribution in [2.45, 2.75) is 72.3 Å². The number of nitrogens with one attached hydrogen (secondary N) is 2. The summed E-state index contributed by atoms with van der Waals surface area (Å²) in [7, 11) is 3.68. The molecule has 0 radical (unpaired) electrons. The van der Waals surface area contributed by atoms with E-state index in [1.807, 2.05) is 34.0 Å². The molecule has 3 aromatic rings. The molecule has 0 bridgehead atoms. The molecule has 0 aliphatic heterocycles. The average molecular weight is 621 g/mol. The number of ether oxygens (including phenoxy) is 4. The van der Waals surface area contributed by atoms with E-state index < -0.39 is 30.4 Å². The van der Waals surface area contributed by atoms with Gasteiger partial charge in [0.1, 0.15) is 29.0 Å².